The number of anilines is 1. The van der Waals surface area contributed by atoms with Crippen LogP contribution >= 0.6 is 0 Å². The highest BCUT2D eigenvalue weighted by Crippen LogP contribution is 2.15. The van der Waals surface area contributed by atoms with Crippen LogP contribution in [0.4, 0.5) is 5.95 Å². The minimum atomic E-state index is -0.0189. The first kappa shape index (κ1) is 14.0. The molecule has 104 valence electrons. The van der Waals surface area contributed by atoms with Gasteiger partial charge in [0.25, 0.3) is 0 Å². The van der Waals surface area contributed by atoms with Crippen molar-refractivity contribution < 1.29 is 0 Å². The van der Waals surface area contributed by atoms with Crippen LogP contribution in [-0.2, 0) is 0 Å². The average Bonchev–Trinajstić information content (AvgIpc) is 2.38. The number of hydrogen-bond acceptors (Lipinski definition) is 3. The highest BCUT2D eigenvalue weighted by Gasteiger charge is 2.05. The molecule has 20 heavy (non-hydrogen) atoms. The maximum absolute atomic E-state index is 5.90. The fourth-order valence-corrected chi connectivity index (χ4v) is 1.94. The summed E-state index contributed by atoms with van der Waals surface area (Å²) in [6, 6.07) is 11.9. The summed E-state index contributed by atoms with van der Waals surface area (Å²) in [4.78, 5) is 12.9. The lowest BCUT2D eigenvalue weighted by Crippen LogP contribution is -2.24. The molecule has 0 amide bonds. The van der Waals surface area contributed by atoms with Crippen LogP contribution in [0.5, 0.6) is 0 Å². The first-order chi connectivity index (χ1) is 9.54. The number of nitrogens with two attached hydrogens (primary N) is 1. The van der Waals surface area contributed by atoms with Crippen LogP contribution in [0.15, 0.2) is 41.4 Å². The van der Waals surface area contributed by atoms with Crippen molar-refractivity contribution in [2.45, 2.75) is 26.8 Å². The lowest BCUT2D eigenvalue weighted by atomic mass is 10.1. The fraction of sp³-hybridized carbons (Fsp3) is 0.267. The van der Waals surface area contributed by atoms with E-state index in [0.29, 0.717) is 11.9 Å². The number of hydrogen-bond donors (Lipinski definition) is 2. The molecule has 5 nitrogen and oxygen atoms in total. The van der Waals surface area contributed by atoms with E-state index < -0.39 is 0 Å². The van der Waals surface area contributed by atoms with Gasteiger partial charge in [0.2, 0.25) is 5.95 Å². The van der Waals surface area contributed by atoms with Crippen LogP contribution < -0.4 is 11.1 Å². The Hall–Kier alpha value is -2.43. The molecule has 3 N–H and O–H groups in total. The van der Waals surface area contributed by atoms with Gasteiger partial charge in [-0.2, -0.15) is 0 Å². The second kappa shape index (κ2) is 6.14. The van der Waals surface area contributed by atoms with Crippen molar-refractivity contribution >= 4 is 11.9 Å². The standard InChI is InChI=1S/C15H19N5/c1-10-9-11(2)18-15(17-10)20-14(16)19-12(3)13-7-5-4-6-8-13/h4-9,12H,1-3H3,(H3,16,17,18,19,20)/t12-/m1/s1. The average molecular weight is 269 g/mol. The quantitative estimate of drug-likeness (QED) is 0.663. The summed E-state index contributed by atoms with van der Waals surface area (Å²) in [6.07, 6.45) is 0. The normalized spacial score (nSPS) is 13.1. The zero-order chi connectivity index (χ0) is 14.5. The summed E-state index contributed by atoms with van der Waals surface area (Å²) in [7, 11) is 0. The van der Waals surface area contributed by atoms with E-state index in [2.05, 4.69) is 20.3 Å². The minimum absolute atomic E-state index is 0.0189. The number of guanidine groups is 1. The van der Waals surface area contributed by atoms with Crippen LogP contribution in [0.25, 0.3) is 0 Å². The molecule has 1 aromatic carbocycles. The minimum Gasteiger partial charge on any atom is -0.370 e. The molecule has 1 aromatic heterocycles. The Morgan fingerprint density at radius 1 is 1.15 bits per heavy atom. The van der Waals surface area contributed by atoms with Crippen LogP contribution in [-0.4, -0.2) is 15.9 Å². The number of aryl methyl sites for hydroxylation is 2. The molecule has 0 fully saturated rings. The second-order valence-corrected chi connectivity index (χ2v) is 4.70. The Morgan fingerprint density at radius 2 is 1.75 bits per heavy atom. The van der Waals surface area contributed by atoms with Crippen molar-refractivity contribution in [3.05, 3.63) is 53.3 Å². The van der Waals surface area contributed by atoms with Crippen molar-refractivity contribution in [2.75, 3.05) is 5.32 Å². The predicted molar refractivity (Wildman–Crippen MR) is 81.6 cm³/mol. The fourth-order valence-electron chi connectivity index (χ4n) is 1.94. The summed E-state index contributed by atoms with van der Waals surface area (Å²) >= 11 is 0. The number of nitrogens with zero attached hydrogens (tertiary/aromatic N) is 3. The molecule has 0 aliphatic rings. The van der Waals surface area contributed by atoms with Crippen LogP contribution in [0.2, 0.25) is 0 Å². The van der Waals surface area contributed by atoms with Crippen LogP contribution in [0, 0.1) is 13.8 Å². The van der Waals surface area contributed by atoms with E-state index in [1.54, 1.807) is 0 Å². The van der Waals surface area contributed by atoms with Crippen molar-refractivity contribution in [3.8, 4) is 0 Å². The molecule has 2 rings (SSSR count). The lowest BCUT2D eigenvalue weighted by Gasteiger charge is -2.10. The van der Waals surface area contributed by atoms with E-state index >= 15 is 0 Å². The largest absolute Gasteiger partial charge is 0.370 e. The Kier molecular flexibility index (Phi) is 4.30. The van der Waals surface area contributed by atoms with Crippen molar-refractivity contribution in [3.63, 3.8) is 0 Å². The van der Waals surface area contributed by atoms with Gasteiger partial charge in [0.05, 0.1) is 6.04 Å². The van der Waals surface area contributed by atoms with E-state index in [1.807, 2.05) is 57.2 Å². The predicted octanol–water partition coefficient (Wildman–Crippen LogP) is 2.58. The first-order valence-electron chi connectivity index (χ1n) is 6.52. The van der Waals surface area contributed by atoms with Crippen molar-refractivity contribution in [2.24, 2.45) is 10.7 Å². The van der Waals surface area contributed by atoms with Gasteiger partial charge in [-0.1, -0.05) is 30.3 Å². The summed E-state index contributed by atoms with van der Waals surface area (Å²) in [5.41, 5.74) is 8.80. The van der Waals surface area contributed by atoms with Gasteiger partial charge in [0.15, 0.2) is 5.96 Å². The Labute approximate surface area is 119 Å². The van der Waals surface area contributed by atoms with Gasteiger partial charge in [0.1, 0.15) is 0 Å². The molecule has 0 saturated heterocycles. The molecule has 0 aliphatic heterocycles. The molecule has 0 bridgehead atoms. The Morgan fingerprint density at radius 3 is 2.35 bits per heavy atom. The van der Waals surface area contributed by atoms with E-state index in [0.717, 1.165) is 17.0 Å². The molecule has 0 radical (unpaired) electrons. The van der Waals surface area contributed by atoms with Crippen LogP contribution in [0.3, 0.4) is 0 Å². The molecule has 5 heteroatoms. The molecule has 0 saturated carbocycles. The summed E-state index contributed by atoms with van der Waals surface area (Å²) < 4.78 is 0. The number of aliphatic imine (C=N–C) groups is 1. The highest BCUT2D eigenvalue weighted by molar-refractivity contribution is 5.90. The third-order valence-electron chi connectivity index (χ3n) is 2.84. The third kappa shape index (κ3) is 3.78. The smallest absolute Gasteiger partial charge is 0.229 e. The van der Waals surface area contributed by atoms with Gasteiger partial charge < -0.3 is 5.73 Å². The van der Waals surface area contributed by atoms with E-state index in [-0.39, 0.29) is 6.04 Å². The van der Waals surface area contributed by atoms with Crippen molar-refractivity contribution in [1.82, 2.24) is 9.97 Å². The van der Waals surface area contributed by atoms with E-state index in [1.165, 1.54) is 0 Å². The first-order valence-corrected chi connectivity index (χ1v) is 6.52. The molecule has 0 spiro atoms. The van der Waals surface area contributed by atoms with Gasteiger partial charge >= 0.3 is 0 Å². The van der Waals surface area contributed by atoms with Gasteiger partial charge in [-0.25, -0.2) is 15.0 Å². The third-order valence-corrected chi connectivity index (χ3v) is 2.84. The number of benzene rings is 1. The molecular formula is C15H19N5. The van der Waals surface area contributed by atoms with Gasteiger partial charge in [-0.05, 0) is 32.4 Å². The van der Waals surface area contributed by atoms with Gasteiger partial charge in [-0.15, -0.1) is 0 Å². The SMILES string of the molecule is Cc1cc(C)nc(NC(N)=N[C@H](C)c2ccccc2)n1. The second-order valence-electron chi connectivity index (χ2n) is 4.70. The van der Waals surface area contributed by atoms with Gasteiger partial charge in [-0.3, -0.25) is 5.32 Å². The number of nitrogens with one attached hydrogen (secondary N) is 1. The number of rotatable bonds is 3. The molecular weight excluding hydrogens is 250 g/mol. The molecule has 1 atom stereocenters. The summed E-state index contributed by atoms with van der Waals surface area (Å²) in [6.45, 7) is 5.83. The monoisotopic (exact) mass is 269 g/mol. The van der Waals surface area contributed by atoms with Crippen LogP contribution in [0.1, 0.15) is 29.9 Å². The van der Waals surface area contributed by atoms with Crippen molar-refractivity contribution in [1.29, 1.82) is 0 Å². The topological polar surface area (TPSA) is 76.2 Å². The summed E-state index contributed by atoms with van der Waals surface area (Å²) in [5, 5.41) is 2.93. The zero-order valence-corrected chi connectivity index (χ0v) is 12.0. The maximum Gasteiger partial charge on any atom is 0.229 e. The lowest BCUT2D eigenvalue weighted by molar-refractivity contribution is 0.817. The van der Waals surface area contributed by atoms with Gasteiger partial charge in [0, 0.05) is 11.4 Å². The Balaban J connectivity index is 2.11. The zero-order valence-electron chi connectivity index (χ0n) is 12.0. The molecule has 1 heterocycles. The Bertz CT molecular complexity index is 587. The van der Waals surface area contributed by atoms with E-state index in [4.69, 9.17) is 5.73 Å². The highest BCUT2D eigenvalue weighted by atomic mass is 15.2. The molecule has 2 aromatic rings. The summed E-state index contributed by atoms with van der Waals surface area (Å²) in [5.74, 6) is 0.787. The number of aromatic nitrogens is 2. The maximum atomic E-state index is 5.90. The van der Waals surface area contributed by atoms with E-state index in [9.17, 15) is 0 Å². The molecule has 0 unspecified atom stereocenters. The molecule has 0 aliphatic carbocycles.